The van der Waals surface area contributed by atoms with Crippen molar-refractivity contribution in [1.82, 2.24) is 4.98 Å². The SMILES string of the molecule is Cl.NCc1ccc(-c2ccc(OCc3ccccc3)nc2OCc2ccccc2)cc1. The summed E-state index contributed by atoms with van der Waals surface area (Å²) in [5.41, 5.74) is 10.9. The number of halogens is 1. The predicted molar refractivity (Wildman–Crippen MR) is 126 cm³/mol. The molecule has 0 spiro atoms. The van der Waals surface area contributed by atoms with Crippen molar-refractivity contribution in [2.45, 2.75) is 19.8 Å². The van der Waals surface area contributed by atoms with Gasteiger partial charge in [-0.15, -0.1) is 12.4 Å². The van der Waals surface area contributed by atoms with E-state index in [-0.39, 0.29) is 12.4 Å². The maximum atomic E-state index is 6.11. The van der Waals surface area contributed by atoms with Gasteiger partial charge in [-0.2, -0.15) is 4.98 Å². The first-order chi connectivity index (χ1) is 14.8. The molecule has 1 aromatic heterocycles. The monoisotopic (exact) mass is 432 g/mol. The van der Waals surface area contributed by atoms with Crippen molar-refractivity contribution < 1.29 is 9.47 Å². The van der Waals surface area contributed by atoms with Crippen molar-refractivity contribution in [3.8, 4) is 22.9 Å². The minimum atomic E-state index is 0. The lowest BCUT2D eigenvalue weighted by Crippen LogP contribution is -2.02. The molecule has 0 amide bonds. The maximum Gasteiger partial charge on any atom is 0.225 e. The van der Waals surface area contributed by atoms with E-state index in [1.807, 2.05) is 97.1 Å². The first kappa shape index (κ1) is 22.3. The van der Waals surface area contributed by atoms with E-state index in [1.165, 1.54) is 0 Å². The van der Waals surface area contributed by atoms with E-state index < -0.39 is 0 Å². The number of nitrogens with zero attached hydrogens (tertiary/aromatic N) is 1. The first-order valence-electron chi connectivity index (χ1n) is 9.96. The van der Waals surface area contributed by atoms with Crippen molar-refractivity contribution in [2.75, 3.05) is 0 Å². The average molecular weight is 433 g/mol. The average Bonchev–Trinajstić information content (AvgIpc) is 2.83. The van der Waals surface area contributed by atoms with Gasteiger partial charge in [-0.1, -0.05) is 84.9 Å². The van der Waals surface area contributed by atoms with Crippen LogP contribution in [-0.4, -0.2) is 4.98 Å². The number of nitrogens with two attached hydrogens (primary N) is 1. The largest absolute Gasteiger partial charge is 0.473 e. The van der Waals surface area contributed by atoms with Gasteiger partial charge in [0.15, 0.2) is 0 Å². The van der Waals surface area contributed by atoms with E-state index in [0.717, 1.165) is 27.8 Å². The second-order valence-electron chi connectivity index (χ2n) is 6.95. The summed E-state index contributed by atoms with van der Waals surface area (Å²) in [5.74, 6) is 1.08. The molecule has 0 bridgehead atoms. The first-order valence-corrected chi connectivity index (χ1v) is 9.96. The lowest BCUT2D eigenvalue weighted by Gasteiger charge is -2.13. The summed E-state index contributed by atoms with van der Waals surface area (Å²) in [4.78, 5) is 4.65. The highest BCUT2D eigenvalue weighted by Crippen LogP contribution is 2.31. The number of ether oxygens (including phenoxy) is 2. The molecular formula is C26H25ClN2O2. The number of hydrogen-bond donors (Lipinski definition) is 1. The molecule has 0 saturated heterocycles. The van der Waals surface area contributed by atoms with E-state index in [9.17, 15) is 0 Å². The number of aromatic nitrogens is 1. The van der Waals surface area contributed by atoms with Gasteiger partial charge in [-0.05, 0) is 28.3 Å². The minimum Gasteiger partial charge on any atom is -0.473 e. The normalized spacial score (nSPS) is 10.2. The second kappa shape index (κ2) is 11.2. The Morgan fingerprint density at radius 3 is 1.77 bits per heavy atom. The standard InChI is InChI=1S/C26H24N2O2.ClH/c27-17-20-11-13-23(14-12-20)24-15-16-25(29-18-21-7-3-1-4-8-21)28-26(24)30-19-22-9-5-2-6-10-22;/h1-16H,17-19,27H2;1H. The molecule has 2 N–H and O–H groups in total. The summed E-state index contributed by atoms with van der Waals surface area (Å²) < 4.78 is 12.0. The Balaban J connectivity index is 0.00000272. The molecule has 4 nitrogen and oxygen atoms in total. The van der Waals surface area contributed by atoms with Crippen LogP contribution in [0.25, 0.3) is 11.1 Å². The Hall–Kier alpha value is -3.34. The number of hydrogen-bond acceptors (Lipinski definition) is 4. The van der Waals surface area contributed by atoms with Gasteiger partial charge in [0.25, 0.3) is 0 Å². The van der Waals surface area contributed by atoms with Crippen LogP contribution in [-0.2, 0) is 19.8 Å². The van der Waals surface area contributed by atoms with Gasteiger partial charge in [-0.3, -0.25) is 0 Å². The van der Waals surface area contributed by atoms with Crippen molar-refractivity contribution in [3.05, 3.63) is 114 Å². The van der Waals surface area contributed by atoms with Crippen LogP contribution in [0.15, 0.2) is 97.1 Å². The topological polar surface area (TPSA) is 57.4 Å². The molecule has 0 saturated carbocycles. The minimum absolute atomic E-state index is 0. The molecule has 4 rings (SSSR count). The van der Waals surface area contributed by atoms with Gasteiger partial charge < -0.3 is 15.2 Å². The van der Waals surface area contributed by atoms with Crippen LogP contribution >= 0.6 is 12.4 Å². The second-order valence-corrected chi connectivity index (χ2v) is 6.95. The molecule has 0 radical (unpaired) electrons. The summed E-state index contributed by atoms with van der Waals surface area (Å²) in [6.07, 6.45) is 0. The van der Waals surface area contributed by atoms with E-state index >= 15 is 0 Å². The summed E-state index contributed by atoms with van der Waals surface area (Å²) in [6, 6.07) is 32.1. The molecule has 0 unspecified atom stereocenters. The van der Waals surface area contributed by atoms with Crippen LogP contribution in [0, 0.1) is 0 Å². The Morgan fingerprint density at radius 1 is 0.613 bits per heavy atom. The van der Waals surface area contributed by atoms with Gasteiger partial charge in [0.05, 0.1) is 0 Å². The Labute approximate surface area is 189 Å². The van der Waals surface area contributed by atoms with Crippen molar-refractivity contribution in [2.24, 2.45) is 5.73 Å². The maximum absolute atomic E-state index is 6.11. The molecule has 1 heterocycles. The molecule has 0 aliphatic heterocycles. The Bertz CT molecular complexity index is 1070. The highest BCUT2D eigenvalue weighted by Gasteiger charge is 2.11. The molecular weight excluding hydrogens is 408 g/mol. The quantitative estimate of drug-likeness (QED) is 0.383. The predicted octanol–water partition coefficient (Wildman–Crippen LogP) is 5.79. The molecule has 4 aromatic rings. The van der Waals surface area contributed by atoms with Gasteiger partial charge in [0, 0.05) is 18.2 Å². The lowest BCUT2D eigenvalue weighted by atomic mass is 10.1. The molecule has 0 atom stereocenters. The van der Waals surface area contributed by atoms with Gasteiger partial charge in [-0.25, -0.2) is 0 Å². The zero-order valence-electron chi connectivity index (χ0n) is 17.1. The van der Waals surface area contributed by atoms with Crippen LogP contribution < -0.4 is 15.2 Å². The number of rotatable bonds is 8. The third-order valence-corrected chi connectivity index (χ3v) is 4.78. The molecule has 0 aliphatic rings. The molecule has 0 fully saturated rings. The lowest BCUT2D eigenvalue weighted by molar-refractivity contribution is 0.268. The highest BCUT2D eigenvalue weighted by molar-refractivity contribution is 5.85. The molecule has 5 heteroatoms. The zero-order chi connectivity index (χ0) is 20.6. The smallest absolute Gasteiger partial charge is 0.225 e. The zero-order valence-corrected chi connectivity index (χ0v) is 17.9. The third kappa shape index (κ3) is 6.07. The fourth-order valence-corrected chi connectivity index (χ4v) is 3.11. The van der Waals surface area contributed by atoms with Gasteiger partial charge in [0.2, 0.25) is 11.8 Å². The third-order valence-electron chi connectivity index (χ3n) is 4.78. The van der Waals surface area contributed by atoms with Crippen LogP contribution in [0.3, 0.4) is 0 Å². The summed E-state index contributed by atoms with van der Waals surface area (Å²) in [6.45, 7) is 1.41. The highest BCUT2D eigenvalue weighted by atomic mass is 35.5. The van der Waals surface area contributed by atoms with Crippen LogP contribution in [0.5, 0.6) is 11.8 Å². The Kier molecular flexibility index (Phi) is 8.05. The van der Waals surface area contributed by atoms with Crippen molar-refractivity contribution >= 4 is 12.4 Å². The van der Waals surface area contributed by atoms with Crippen molar-refractivity contribution in [1.29, 1.82) is 0 Å². The van der Waals surface area contributed by atoms with E-state index in [1.54, 1.807) is 0 Å². The van der Waals surface area contributed by atoms with E-state index in [0.29, 0.717) is 31.5 Å². The number of pyridine rings is 1. The van der Waals surface area contributed by atoms with E-state index in [2.05, 4.69) is 4.98 Å². The van der Waals surface area contributed by atoms with Gasteiger partial charge in [0.1, 0.15) is 13.2 Å². The molecule has 3 aromatic carbocycles. The fraction of sp³-hybridized carbons (Fsp3) is 0.115. The fourth-order valence-electron chi connectivity index (χ4n) is 3.11. The molecule has 158 valence electrons. The Morgan fingerprint density at radius 2 is 1.19 bits per heavy atom. The van der Waals surface area contributed by atoms with Crippen LogP contribution in [0.2, 0.25) is 0 Å². The van der Waals surface area contributed by atoms with Crippen molar-refractivity contribution in [3.63, 3.8) is 0 Å². The van der Waals surface area contributed by atoms with E-state index in [4.69, 9.17) is 15.2 Å². The number of benzene rings is 3. The molecule has 0 aliphatic carbocycles. The molecule has 31 heavy (non-hydrogen) atoms. The summed E-state index contributed by atoms with van der Waals surface area (Å²) in [5, 5.41) is 0. The van der Waals surface area contributed by atoms with Gasteiger partial charge >= 0.3 is 0 Å². The van der Waals surface area contributed by atoms with Crippen LogP contribution in [0.1, 0.15) is 16.7 Å². The summed E-state index contributed by atoms with van der Waals surface area (Å²) in [7, 11) is 0. The van der Waals surface area contributed by atoms with Crippen LogP contribution in [0.4, 0.5) is 0 Å². The summed E-state index contributed by atoms with van der Waals surface area (Å²) >= 11 is 0.